The van der Waals surface area contributed by atoms with Crippen molar-refractivity contribution >= 4 is 23.5 Å². The fourth-order valence-electron chi connectivity index (χ4n) is 6.22. The standard InChI is InChI=1S/C31H31F5N4O3/c1-18(20-11-22(32)14-23(33)12-20)40(27(42)6-2-3-9-31(34,35)36)17-26(41)38-24-8-7-19-15-30(16-21(19)13-24)25-5-4-10-37-28(25)39-29(30)43/h4-5,7-8,10-12,14,18,24H,2-3,6,9,13,15-17H2,1H3,(H,38,41)(H,37,39,43)/t18-,24?,30-/m1/s1. The first kappa shape index (κ1) is 30.4. The number of amides is 3. The van der Waals surface area contributed by atoms with Crippen LogP contribution in [0.4, 0.5) is 27.8 Å². The minimum absolute atomic E-state index is 0.0586. The molecule has 2 aromatic rings. The number of hydrogen-bond donors (Lipinski definition) is 2. The number of carbonyl (C=O) groups is 3. The fraction of sp³-hybridized carbons (Fsp3) is 0.419. The molecule has 2 N–H and O–H groups in total. The molecular formula is C31H31F5N4O3. The van der Waals surface area contributed by atoms with Gasteiger partial charge in [0.2, 0.25) is 17.7 Å². The molecule has 3 aliphatic rings. The number of nitrogens with one attached hydrogen (secondary N) is 2. The van der Waals surface area contributed by atoms with E-state index in [1.807, 2.05) is 18.2 Å². The molecule has 0 fully saturated rings. The minimum atomic E-state index is -4.35. The van der Waals surface area contributed by atoms with Crippen molar-refractivity contribution in [1.82, 2.24) is 15.2 Å². The van der Waals surface area contributed by atoms with Crippen LogP contribution in [0.15, 0.2) is 59.8 Å². The number of pyridine rings is 1. The van der Waals surface area contributed by atoms with Gasteiger partial charge in [0.25, 0.3) is 0 Å². The molecule has 0 saturated heterocycles. The van der Waals surface area contributed by atoms with E-state index in [2.05, 4.69) is 15.6 Å². The zero-order valence-corrected chi connectivity index (χ0v) is 23.4. The number of benzene rings is 1. The lowest BCUT2D eigenvalue weighted by Crippen LogP contribution is -2.45. The van der Waals surface area contributed by atoms with Crippen molar-refractivity contribution in [3.63, 3.8) is 0 Å². The predicted molar refractivity (Wildman–Crippen MR) is 148 cm³/mol. The smallest absolute Gasteiger partial charge is 0.348 e. The monoisotopic (exact) mass is 602 g/mol. The number of anilines is 1. The second kappa shape index (κ2) is 11.9. The number of rotatable bonds is 9. The molecule has 228 valence electrons. The molecule has 1 unspecified atom stereocenters. The Bertz CT molecular complexity index is 1480. The van der Waals surface area contributed by atoms with Crippen molar-refractivity contribution in [3.05, 3.63) is 82.6 Å². The molecule has 1 aliphatic heterocycles. The summed E-state index contributed by atoms with van der Waals surface area (Å²) in [5.74, 6) is -2.41. The van der Waals surface area contributed by atoms with E-state index in [1.165, 1.54) is 6.92 Å². The molecule has 0 bridgehead atoms. The molecular weight excluding hydrogens is 571 g/mol. The highest BCUT2D eigenvalue weighted by Crippen LogP contribution is 2.52. The lowest BCUT2D eigenvalue weighted by molar-refractivity contribution is -0.140. The molecule has 5 rings (SSSR count). The first-order valence-corrected chi connectivity index (χ1v) is 14.1. The largest absolute Gasteiger partial charge is 0.389 e. The van der Waals surface area contributed by atoms with E-state index in [1.54, 1.807) is 12.3 Å². The maximum absolute atomic E-state index is 13.9. The summed E-state index contributed by atoms with van der Waals surface area (Å²) in [6, 6.07) is 5.12. The van der Waals surface area contributed by atoms with Crippen molar-refractivity contribution in [3.8, 4) is 0 Å². The van der Waals surface area contributed by atoms with Gasteiger partial charge in [0.05, 0.1) is 17.5 Å². The van der Waals surface area contributed by atoms with Crippen molar-refractivity contribution in [2.75, 3.05) is 11.9 Å². The average molecular weight is 603 g/mol. The fourth-order valence-corrected chi connectivity index (χ4v) is 6.22. The summed E-state index contributed by atoms with van der Waals surface area (Å²) in [6.07, 6.45) is 0.818. The van der Waals surface area contributed by atoms with Crippen LogP contribution in [0.3, 0.4) is 0 Å². The lowest BCUT2D eigenvalue weighted by Gasteiger charge is -2.30. The number of carbonyl (C=O) groups excluding carboxylic acids is 3. The number of aromatic nitrogens is 1. The number of halogens is 5. The summed E-state index contributed by atoms with van der Waals surface area (Å²) in [5, 5.41) is 5.74. The normalized spacial score (nSPS) is 21.4. The van der Waals surface area contributed by atoms with E-state index in [4.69, 9.17) is 0 Å². The van der Waals surface area contributed by atoms with E-state index in [0.29, 0.717) is 31.1 Å². The number of fused-ring (bicyclic) bond motifs is 2. The van der Waals surface area contributed by atoms with Crippen molar-refractivity contribution < 1.29 is 36.3 Å². The van der Waals surface area contributed by atoms with Gasteiger partial charge in [-0.15, -0.1) is 0 Å². The molecule has 3 amide bonds. The Hall–Kier alpha value is -4.09. The van der Waals surface area contributed by atoms with E-state index < -0.39 is 60.1 Å². The molecule has 12 heteroatoms. The van der Waals surface area contributed by atoms with Crippen LogP contribution < -0.4 is 10.6 Å². The maximum atomic E-state index is 13.9. The Morgan fingerprint density at radius 3 is 2.63 bits per heavy atom. The maximum Gasteiger partial charge on any atom is 0.389 e. The summed E-state index contributed by atoms with van der Waals surface area (Å²) in [5.41, 5.74) is 2.26. The van der Waals surface area contributed by atoms with Crippen LogP contribution in [-0.4, -0.2) is 46.4 Å². The summed E-state index contributed by atoms with van der Waals surface area (Å²) >= 11 is 0. The molecule has 2 aliphatic carbocycles. The first-order chi connectivity index (χ1) is 20.3. The highest BCUT2D eigenvalue weighted by Gasteiger charge is 2.52. The summed E-state index contributed by atoms with van der Waals surface area (Å²) in [7, 11) is 0. The minimum Gasteiger partial charge on any atom is -0.348 e. The highest BCUT2D eigenvalue weighted by atomic mass is 19.4. The van der Waals surface area contributed by atoms with Gasteiger partial charge in [0, 0.05) is 30.7 Å². The molecule has 3 atom stereocenters. The Morgan fingerprint density at radius 2 is 1.91 bits per heavy atom. The number of alkyl halides is 3. The van der Waals surface area contributed by atoms with Gasteiger partial charge in [-0.05, 0) is 68.4 Å². The average Bonchev–Trinajstić information content (AvgIpc) is 3.45. The van der Waals surface area contributed by atoms with Crippen LogP contribution in [-0.2, 0) is 19.8 Å². The first-order valence-electron chi connectivity index (χ1n) is 14.1. The van der Waals surface area contributed by atoms with Gasteiger partial charge in [-0.1, -0.05) is 23.8 Å². The van der Waals surface area contributed by atoms with E-state index >= 15 is 0 Å². The van der Waals surface area contributed by atoms with E-state index in [9.17, 15) is 36.3 Å². The van der Waals surface area contributed by atoms with E-state index in [0.717, 1.165) is 33.7 Å². The summed E-state index contributed by atoms with van der Waals surface area (Å²) in [4.78, 5) is 44.7. The Labute approximate surface area is 245 Å². The van der Waals surface area contributed by atoms with Gasteiger partial charge < -0.3 is 15.5 Å². The zero-order valence-electron chi connectivity index (χ0n) is 23.4. The molecule has 0 saturated carbocycles. The third kappa shape index (κ3) is 6.62. The molecule has 1 spiro atoms. The molecule has 0 radical (unpaired) electrons. The molecule has 43 heavy (non-hydrogen) atoms. The van der Waals surface area contributed by atoms with Gasteiger partial charge >= 0.3 is 6.18 Å². The van der Waals surface area contributed by atoms with Crippen LogP contribution in [0.1, 0.15) is 69.0 Å². The molecule has 1 aromatic heterocycles. The van der Waals surface area contributed by atoms with Gasteiger partial charge in [-0.2, -0.15) is 13.2 Å². The summed E-state index contributed by atoms with van der Waals surface area (Å²) in [6.45, 7) is 1.04. The Morgan fingerprint density at radius 1 is 1.16 bits per heavy atom. The second-order valence-electron chi connectivity index (χ2n) is 11.4. The predicted octanol–water partition coefficient (Wildman–Crippen LogP) is 5.80. The van der Waals surface area contributed by atoms with Crippen LogP contribution in [0.5, 0.6) is 0 Å². The van der Waals surface area contributed by atoms with Crippen LogP contribution in [0, 0.1) is 11.6 Å². The third-order valence-corrected chi connectivity index (χ3v) is 8.36. The van der Waals surface area contributed by atoms with Crippen LogP contribution >= 0.6 is 0 Å². The summed E-state index contributed by atoms with van der Waals surface area (Å²) < 4.78 is 65.6. The van der Waals surface area contributed by atoms with Crippen molar-refractivity contribution in [2.24, 2.45) is 0 Å². The molecule has 1 aromatic carbocycles. The number of nitrogens with zero attached hydrogens (tertiary/aromatic N) is 2. The topological polar surface area (TPSA) is 91.4 Å². The van der Waals surface area contributed by atoms with Crippen molar-refractivity contribution in [2.45, 2.75) is 75.5 Å². The second-order valence-corrected chi connectivity index (χ2v) is 11.4. The lowest BCUT2D eigenvalue weighted by atomic mass is 9.78. The number of hydrogen-bond acceptors (Lipinski definition) is 4. The van der Waals surface area contributed by atoms with Gasteiger partial charge in [0.1, 0.15) is 24.0 Å². The van der Waals surface area contributed by atoms with Gasteiger partial charge in [0.15, 0.2) is 0 Å². The zero-order chi connectivity index (χ0) is 30.9. The molecule has 7 nitrogen and oxygen atoms in total. The van der Waals surface area contributed by atoms with E-state index in [-0.39, 0.29) is 30.7 Å². The van der Waals surface area contributed by atoms with Crippen LogP contribution in [0.25, 0.3) is 0 Å². The van der Waals surface area contributed by atoms with Crippen molar-refractivity contribution in [1.29, 1.82) is 0 Å². The van der Waals surface area contributed by atoms with Gasteiger partial charge in [-0.3, -0.25) is 14.4 Å². The SMILES string of the molecule is C[C@H](c1cc(F)cc(F)c1)N(CC(=O)NC1C=CC2=C(C1)C[C@@]1(C2)C(=O)Nc2ncccc21)C(=O)CCCCC(F)(F)F. The number of allylic oxidation sites excluding steroid dienone is 2. The quantitative estimate of drug-likeness (QED) is 0.281. The van der Waals surface area contributed by atoms with Gasteiger partial charge in [-0.25, -0.2) is 13.8 Å². The highest BCUT2D eigenvalue weighted by molar-refractivity contribution is 6.06. The third-order valence-electron chi connectivity index (χ3n) is 8.36. The molecule has 2 heterocycles. The Kier molecular flexibility index (Phi) is 8.40. The van der Waals surface area contributed by atoms with Crippen LogP contribution in [0.2, 0.25) is 0 Å². The number of unbranched alkanes of at least 4 members (excludes halogenated alkanes) is 1. The Balaban J connectivity index is 1.24.